The molecule has 0 aromatic heterocycles. The van der Waals surface area contributed by atoms with Gasteiger partial charge in [0.2, 0.25) is 0 Å². The maximum atomic E-state index is 14.8. The van der Waals surface area contributed by atoms with Gasteiger partial charge in [-0.2, -0.15) is 0 Å². The fourth-order valence-electron chi connectivity index (χ4n) is 3.77. The van der Waals surface area contributed by atoms with Crippen molar-refractivity contribution in [3.63, 3.8) is 0 Å². The standard InChI is InChI=1S/C23H28FN3/c1-7-27-22-13-21(24)17(12-20(22)16(2)14-23(27,3)4)15-25-18-8-10-19(11-9-18)26(5)6/h8-15H,7H2,1-6H3. The third kappa shape index (κ3) is 3.75. The zero-order valence-electron chi connectivity index (χ0n) is 17.0. The van der Waals surface area contributed by atoms with Crippen LogP contribution in [0.1, 0.15) is 38.8 Å². The Morgan fingerprint density at radius 1 is 1.15 bits per heavy atom. The molecule has 3 nitrogen and oxygen atoms in total. The van der Waals surface area contributed by atoms with Crippen molar-refractivity contribution in [3.05, 3.63) is 59.4 Å². The predicted molar refractivity (Wildman–Crippen MR) is 115 cm³/mol. The van der Waals surface area contributed by atoms with Crippen LogP contribution in [0.4, 0.5) is 21.5 Å². The molecule has 4 heteroatoms. The Morgan fingerprint density at radius 2 is 1.81 bits per heavy atom. The minimum absolute atomic E-state index is 0.123. The molecule has 27 heavy (non-hydrogen) atoms. The molecule has 0 saturated heterocycles. The highest BCUT2D eigenvalue weighted by Gasteiger charge is 2.30. The summed E-state index contributed by atoms with van der Waals surface area (Å²) >= 11 is 0. The lowest BCUT2D eigenvalue weighted by molar-refractivity contribution is 0.561. The van der Waals surface area contributed by atoms with Crippen molar-refractivity contribution in [1.29, 1.82) is 0 Å². The summed E-state index contributed by atoms with van der Waals surface area (Å²) in [6, 6.07) is 11.4. The third-order valence-corrected chi connectivity index (χ3v) is 5.13. The van der Waals surface area contributed by atoms with Gasteiger partial charge < -0.3 is 9.80 Å². The van der Waals surface area contributed by atoms with Crippen molar-refractivity contribution < 1.29 is 4.39 Å². The Morgan fingerprint density at radius 3 is 2.41 bits per heavy atom. The lowest BCUT2D eigenvalue weighted by Crippen LogP contribution is -2.45. The van der Waals surface area contributed by atoms with Crippen LogP contribution in [-0.2, 0) is 0 Å². The topological polar surface area (TPSA) is 18.8 Å². The van der Waals surface area contributed by atoms with E-state index in [1.165, 1.54) is 5.57 Å². The molecule has 0 radical (unpaired) electrons. The number of nitrogens with zero attached hydrogens (tertiary/aromatic N) is 3. The molecule has 1 aliphatic rings. The SMILES string of the molecule is CCN1c2cc(F)c(C=Nc3ccc(N(C)C)cc3)cc2C(C)=CC1(C)C. The summed E-state index contributed by atoms with van der Waals surface area (Å²) in [4.78, 5) is 8.73. The zero-order valence-corrected chi connectivity index (χ0v) is 17.0. The summed E-state index contributed by atoms with van der Waals surface area (Å²) in [5.41, 5.74) is 5.49. The van der Waals surface area contributed by atoms with E-state index in [2.05, 4.69) is 43.7 Å². The third-order valence-electron chi connectivity index (χ3n) is 5.13. The van der Waals surface area contributed by atoms with Crippen LogP contribution in [0.25, 0.3) is 5.57 Å². The molecule has 0 bridgehead atoms. The molecule has 0 atom stereocenters. The Labute approximate surface area is 161 Å². The van der Waals surface area contributed by atoms with Gasteiger partial charge in [0.15, 0.2) is 0 Å². The number of anilines is 2. The highest BCUT2D eigenvalue weighted by molar-refractivity contribution is 5.89. The normalized spacial score (nSPS) is 15.7. The molecule has 0 saturated carbocycles. The lowest BCUT2D eigenvalue weighted by Gasteiger charge is -2.42. The van der Waals surface area contributed by atoms with Crippen molar-refractivity contribution in [1.82, 2.24) is 0 Å². The number of likely N-dealkylation sites (N-methyl/N-ethyl adjacent to an activating group) is 1. The highest BCUT2D eigenvalue weighted by Crippen LogP contribution is 2.39. The molecule has 2 aromatic carbocycles. The van der Waals surface area contributed by atoms with Gasteiger partial charge in [-0.3, -0.25) is 4.99 Å². The van der Waals surface area contributed by atoms with E-state index in [1.54, 1.807) is 12.3 Å². The second-order valence-corrected chi connectivity index (χ2v) is 7.79. The number of hydrogen-bond donors (Lipinski definition) is 0. The van der Waals surface area contributed by atoms with Crippen LogP contribution in [0.3, 0.4) is 0 Å². The smallest absolute Gasteiger partial charge is 0.134 e. The Balaban J connectivity index is 1.96. The Kier molecular flexibility index (Phi) is 5.09. The second-order valence-electron chi connectivity index (χ2n) is 7.79. The summed E-state index contributed by atoms with van der Waals surface area (Å²) in [7, 11) is 4.00. The zero-order chi connectivity index (χ0) is 19.8. The van der Waals surface area contributed by atoms with Gasteiger partial charge in [-0.05, 0) is 69.7 Å². The van der Waals surface area contributed by atoms with Crippen LogP contribution in [0.2, 0.25) is 0 Å². The van der Waals surface area contributed by atoms with E-state index in [1.807, 2.05) is 49.3 Å². The van der Waals surface area contributed by atoms with E-state index in [0.717, 1.165) is 29.2 Å². The number of hydrogen-bond acceptors (Lipinski definition) is 3. The minimum atomic E-state index is -0.244. The van der Waals surface area contributed by atoms with Gasteiger partial charge in [0.25, 0.3) is 0 Å². The lowest BCUT2D eigenvalue weighted by atomic mass is 9.88. The molecule has 3 rings (SSSR count). The summed E-state index contributed by atoms with van der Waals surface area (Å²) < 4.78 is 14.8. The van der Waals surface area contributed by atoms with Gasteiger partial charge in [-0.1, -0.05) is 6.08 Å². The predicted octanol–water partition coefficient (Wildman–Crippen LogP) is 5.66. The number of fused-ring (bicyclic) bond motifs is 1. The molecular weight excluding hydrogens is 337 g/mol. The Hall–Kier alpha value is -2.62. The highest BCUT2D eigenvalue weighted by atomic mass is 19.1. The maximum absolute atomic E-state index is 14.8. The van der Waals surface area contributed by atoms with Crippen LogP contribution < -0.4 is 9.80 Å². The van der Waals surface area contributed by atoms with E-state index in [4.69, 9.17) is 0 Å². The first-order valence-corrected chi connectivity index (χ1v) is 9.35. The van der Waals surface area contributed by atoms with E-state index in [-0.39, 0.29) is 11.4 Å². The van der Waals surface area contributed by atoms with Gasteiger partial charge in [0.05, 0.1) is 11.2 Å². The average molecular weight is 365 g/mol. The van der Waals surface area contributed by atoms with Crippen LogP contribution in [0.5, 0.6) is 0 Å². The quantitative estimate of drug-likeness (QED) is 0.651. The molecule has 0 aliphatic carbocycles. The van der Waals surface area contributed by atoms with E-state index in [0.29, 0.717) is 5.56 Å². The van der Waals surface area contributed by atoms with Crippen LogP contribution in [0, 0.1) is 5.82 Å². The molecule has 0 amide bonds. The number of benzene rings is 2. The average Bonchev–Trinajstić information content (AvgIpc) is 2.60. The van der Waals surface area contributed by atoms with Crippen LogP contribution in [-0.4, -0.2) is 32.4 Å². The molecule has 0 unspecified atom stereocenters. The maximum Gasteiger partial charge on any atom is 0.134 e. The molecule has 142 valence electrons. The largest absolute Gasteiger partial charge is 0.378 e. The van der Waals surface area contributed by atoms with E-state index < -0.39 is 0 Å². The number of allylic oxidation sites excluding steroid dienone is 1. The van der Waals surface area contributed by atoms with Gasteiger partial charge in [-0.15, -0.1) is 0 Å². The van der Waals surface area contributed by atoms with E-state index in [9.17, 15) is 4.39 Å². The Bertz CT molecular complexity index is 893. The van der Waals surface area contributed by atoms with Gasteiger partial charge in [0.1, 0.15) is 5.82 Å². The molecule has 0 spiro atoms. The fraction of sp³-hybridized carbons (Fsp3) is 0.348. The number of aliphatic imine (C=N–C) groups is 1. The molecule has 1 aliphatic heterocycles. The monoisotopic (exact) mass is 365 g/mol. The summed E-state index contributed by atoms with van der Waals surface area (Å²) in [6.45, 7) is 9.34. The van der Waals surface area contributed by atoms with Gasteiger partial charge >= 0.3 is 0 Å². The first-order chi connectivity index (χ1) is 12.7. The first-order valence-electron chi connectivity index (χ1n) is 9.35. The molecule has 0 N–H and O–H groups in total. The summed E-state index contributed by atoms with van der Waals surface area (Å²) in [6.07, 6.45) is 3.86. The van der Waals surface area contributed by atoms with Crippen LogP contribution in [0.15, 0.2) is 47.5 Å². The minimum Gasteiger partial charge on any atom is -0.378 e. The molecule has 1 heterocycles. The van der Waals surface area contributed by atoms with Crippen molar-refractivity contribution in [2.75, 3.05) is 30.4 Å². The van der Waals surface area contributed by atoms with E-state index >= 15 is 0 Å². The van der Waals surface area contributed by atoms with Crippen molar-refractivity contribution in [2.45, 2.75) is 33.2 Å². The molecule has 0 fully saturated rings. The van der Waals surface area contributed by atoms with Crippen molar-refractivity contribution in [3.8, 4) is 0 Å². The van der Waals surface area contributed by atoms with Crippen molar-refractivity contribution >= 4 is 28.8 Å². The summed E-state index contributed by atoms with van der Waals surface area (Å²) in [5, 5.41) is 0. The molecular formula is C23H28FN3. The van der Waals surface area contributed by atoms with Crippen molar-refractivity contribution in [2.24, 2.45) is 4.99 Å². The second kappa shape index (κ2) is 7.18. The molecule has 2 aromatic rings. The number of halogens is 1. The first kappa shape index (κ1) is 19.2. The summed E-state index contributed by atoms with van der Waals surface area (Å²) in [5.74, 6) is -0.244. The van der Waals surface area contributed by atoms with Gasteiger partial charge in [0, 0.05) is 49.4 Å². The van der Waals surface area contributed by atoms with Crippen LogP contribution >= 0.6 is 0 Å². The fourth-order valence-corrected chi connectivity index (χ4v) is 3.77. The van der Waals surface area contributed by atoms with Gasteiger partial charge in [-0.25, -0.2) is 4.39 Å². The number of rotatable bonds is 4.